The minimum atomic E-state index is -0.798. The fraction of sp³-hybridized carbons (Fsp3) is 0.250. The molecule has 1 heterocycles. The number of hydrogen-bond acceptors (Lipinski definition) is 4. The van der Waals surface area contributed by atoms with Crippen molar-refractivity contribution in [1.82, 2.24) is 4.98 Å². The van der Waals surface area contributed by atoms with E-state index in [1.54, 1.807) is 11.3 Å². The van der Waals surface area contributed by atoms with Crippen molar-refractivity contribution >= 4 is 35.1 Å². The topological polar surface area (TPSA) is 62.2 Å². The van der Waals surface area contributed by atoms with Gasteiger partial charge in [0.2, 0.25) is 0 Å². The number of benzene rings is 1. The number of nitrogens with one attached hydrogen (secondary N) is 1. The maximum atomic E-state index is 10.5. The van der Waals surface area contributed by atoms with Crippen LogP contribution in [0, 0.1) is 13.8 Å². The third kappa shape index (κ3) is 5.93. The van der Waals surface area contributed by atoms with Gasteiger partial charge in [-0.2, -0.15) is 0 Å². The van der Waals surface area contributed by atoms with E-state index in [2.05, 4.69) is 17.2 Å². The second-order valence-corrected chi connectivity index (χ2v) is 5.96. The fourth-order valence-corrected chi connectivity index (χ4v) is 2.63. The predicted molar refractivity (Wildman–Crippen MR) is 87.7 cm³/mol. The number of carbonyl (C=O) groups is 1. The summed E-state index contributed by atoms with van der Waals surface area (Å²) >= 11 is 1.68. The van der Waals surface area contributed by atoms with Gasteiger partial charge in [-0.05, 0) is 37.6 Å². The van der Waals surface area contributed by atoms with Crippen molar-refractivity contribution in [2.45, 2.75) is 20.3 Å². The molecule has 0 fully saturated rings. The summed E-state index contributed by atoms with van der Waals surface area (Å²) in [5, 5.41) is 12.7. The van der Waals surface area contributed by atoms with Crippen molar-refractivity contribution < 1.29 is 39.5 Å². The summed E-state index contributed by atoms with van der Waals surface area (Å²) in [6, 6.07) is 7.87. The molecule has 2 aromatic rings. The summed E-state index contributed by atoms with van der Waals surface area (Å²) in [7, 11) is 0. The molecule has 6 heteroatoms. The molecule has 0 bridgehead atoms. The molecule has 2 N–H and O–H groups in total. The molecule has 22 heavy (non-hydrogen) atoms. The van der Waals surface area contributed by atoms with Crippen LogP contribution in [-0.2, 0) is 4.79 Å². The summed E-state index contributed by atoms with van der Waals surface area (Å²) in [5.41, 5.74) is 3.05. The van der Waals surface area contributed by atoms with Crippen LogP contribution >= 0.6 is 11.3 Å². The van der Waals surface area contributed by atoms with E-state index in [4.69, 9.17) is 5.11 Å². The smallest absolute Gasteiger partial charge is 0.481 e. The number of hydrogen-bond donors (Lipinski definition) is 2. The number of rotatable bonds is 6. The third-order valence-electron chi connectivity index (χ3n) is 3.02. The fourth-order valence-electron chi connectivity index (χ4n) is 1.80. The Bertz CT molecular complexity index is 648. The minimum Gasteiger partial charge on any atom is -0.481 e. The number of thiazole rings is 1. The second-order valence-electron chi connectivity index (χ2n) is 4.72. The van der Waals surface area contributed by atoms with E-state index in [9.17, 15) is 4.79 Å². The van der Waals surface area contributed by atoms with E-state index >= 15 is 0 Å². The Kier molecular flexibility index (Phi) is 7.82. The quantitative estimate of drug-likeness (QED) is 0.772. The largest absolute Gasteiger partial charge is 1.00 e. The van der Waals surface area contributed by atoms with E-state index < -0.39 is 5.97 Å². The van der Waals surface area contributed by atoms with Gasteiger partial charge in [0.05, 0.1) is 12.1 Å². The first-order valence-electron chi connectivity index (χ1n) is 6.72. The van der Waals surface area contributed by atoms with Crippen molar-refractivity contribution in [3.8, 4) is 0 Å². The molecule has 0 saturated carbocycles. The Morgan fingerprint density at radius 2 is 2.14 bits per heavy atom. The standard InChI is InChI=1S/C16H18N2O2S.Na/c1-11-12(2)21-15(18-11)7-6-13-4-3-5-14(10-13)17-9-8-16(19)20;/h3-7,10,17H,8-9H2,1-2H3,(H,19,20);/q;+1/b7-6+;. The number of carboxylic acids is 1. The van der Waals surface area contributed by atoms with E-state index in [0.717, 1.165) is 22.0 Å². The molecule has 0 saturated heterocycles. The maximum Gasteiger partial charge on any atom is 1.00 e. The van der Waals surface area contributed by atoms with Gasteiger partial charge < -0.3 is 10.4 Å². The van der Waals surface area contributed by atoms with Gasteiger partial charge >= 0.3 is 35.5 Å². The average molecular weight is 325 g/mol. The summed E-state index contributed by atoms with van der Waals surface area (Å²) in [6.07, 6.45) is 4.12. The molecule has 1 aromatic heterocycles. The zero-order valence-electron chi connectivity index (χ0n) is 13.1. The van der Waals surface area contributed by atoms with Gasteiger partial charge in [-0.15, -0.1) is 11.3 Å². The maximum absolute atomic E-state index is 10.5. The zero-order chi connectivity index (χ0) is 15.2. The second kappa shape index (κ2) is 9.10. The Hall–Kier alpha value is -1.14. The van der Waals surface area contributed by atoms with Gasteiger partial charge in [-0.25, -0.2) is 4.98 Å². The van der Waals surface area contributed by atoms with Gasteiger partial charge in [-0.3, -0.25) is 4.79 Å². The Balaban J connectivity index is 0.00000242. The monoisotopic (exact) mass is 325 g/mol. The Morgan fingerprint density at radius 3 is 2.77 bits per heavy atom. The molecule has 0 atom stereocenters. The number of aliphatic carboxylic acids is 1. The van der Waals surface area contributed by atoms with Crippen molar-refractivity contribution in [1.29, 1.82) is 0 Å². The Labute approximate surface area is 156 Å². The van der Waals surface area contributed by atoms with E-state index in [0.29, 0.717) is 6.54 Å². The Morgan fingerprint density at radius 1 is 1.36 bits per heavy atom. The van der Waals surface area contributed by atoms with Crippen LogP contribution in [0.3, 0.4) is 0 Å². The molecule has 0 radical (unpaired) electrons. The molecule has 0 unspecified atom stereocenters. The normalized spacial score (nSPS) is 10.5. The van der Waals surface area contributed by atoms with Crippen LogP contribution in [-0.4, -0.2) is 22.6 Å². The first kappa shape index (κ1) is 18.9. The number of nitrogens with zero attached hydrogens (tertiary/aromatic N) is 1. The van der Waals surface area contributed by atoms with Crippen molar-refractivity contribution in [2.24, 2.45) is 0 Å². The summed E-state index contributed by atoms with van der Waals surface area (Å²) in [4.78, 5) is 16.2. The summed E-state index contributed by atoms with van der Waals surface area (Å²) in [5.74, 6) is -0.798. The van der Waals surface area contributed by atoms with Gasteiger partial charge in [0.1, 0.15) is 5.01 Å². The van der Waals surface area contributed by atoms with Gasteiger partial charge in [0.25, 0.3) is 0 Å². The third-order valence-corrected chi connectivity index (χ3v) is 4.06. The predicted octanol–water partition coefficient (Wildman–Crippen LogP) is 0.821. The number of carboxylic acid groups (broad SMARTS) is 1. The van der Waals surface area contributed by atoms with Crippen LogP contribution in [0.1, 0.15) is 27.6 Å². The van der Waals surface area contributed by atoms with Crippen LogP contribution in [0.2, 0.25) is 0 Å². The zero-order valence-corrected chi connectivity index (χ0v) is 15.9. The number of anilines is 1. The van der Waals surface area contributed by atoms with Gasteiger partial charge in [0, 0.05) is 17.1 Å². The van der Waals surface area contributed by atoms with Crippen molar-refractivity contribution in [2.75, 3.05) is 11.9 Å². The van der Waals surface area contributed by atoms with Crippen molar-refractivity contribution in [3.63, 3.8) is 0 Å². The molecule has 0 aliphatic rings. The van der Waals surface area contributed by atoms with E-state index in [-0.39, 0.29) is 36.0 Å². The van der Waals surface area contributed by atoms with Crippen molar-refractivity contribution in [3.05, 3.63) is 45.4 Å². The van der Waals surface area contributed by atoms with Crippen LogP contribution in [0.15, 0.2) is 24.3 Å². The average Bonchev–Trinajstić information content (AvgIpc) is 2.76. The molecule has 2 rings (SSSR count). The van der Waals surface area contributed by atoms with Gasteiger partial charge in [-0.1, -0.05) is 18.2 Å². The molecule has 0 spiro atoms. The van der Waals surface area contributed by atoms with Crippen LogP contribution in [0.5, 0.6) is 0 Å². The van der Waals surface area contributed by atoms with Crippen LogP contribution in [0.4, 0.5) is 5.69 Å². The molecule has 0 aliphatic carbocycles. The molecule has 0 aliphatic heterocycles. The van der Waals surface area contributed by atoms with Crippen LogP contribution < -0.4 is 34.9 Å². The first-order valence-corrected chi connectivity index (χ1v) is 7.54. The molecule has 0 amide bonds. The number of aromatic nitrogens is 1. The summed E-state index contributed by atoms with van der Waals surface area (Å²) < 4.78 is 0. The first-order chi connectivity index (χ1) is 10.0. The molecule has 110 valence electrons. The molecular weight excluding hydrogens is 307 g/mol. The minimum absolute atomic E-state index is 0. The SMILES string of the molecule is Cc1nc(/C=C/c2cccc(NCCC(=O)O)c2)sc1C.[Na+]. The molecular formula is C16H18N2NaO2S+. The van der Waals surface area contributed by atoms with E-state index in [1.807, 2.05) is 43.3 Å². The summed E-state index contributed by atoms with van der Waals surface area (Å²) in [6.45, 7) is 4.50. The molecule has 1 aromatic carbocycles. The number of aryl methyl sites for hydroxylation is 2. The van der Waals surface area contributed by atoms with Crippen LogP contribution in [0.25, 0.3) is 12.2 Å². The van der Waals surface area contributed by atoms with Gasteiger partial charge in [0.15, 0.2) is 0 Å². The molecule has 4 nitrogen and oxygen atoms in total. The van der Waals surface area contributed by atoms with E-state index in [1.165, 1.54) is 4.88 Å².